The summed E-state index contributed by atoms with van der Waals surface area (Å²) in [5.74, 6) is -1.63. The first-order valence-corrected chi connectivity index (χ1v) is 34.2. The lowest BCUT2D eigenvalue weighted by Crippen LogP contribution is -2.30. The minimum Gasteiger partial charge on any atom is -0.463 e. The van der Waals surface area contributed by atoms with Crippen molar-refractivity contribution in [1.29, 1.82) is 0 Å². The van der Waals surface area contributed by atoms with Crippen molar-refractivity contribution in [2.75, 3.05) is 39.6 Å². The third-order valence-electron chi connectivity index (χ3n) is 12.5. The fourth-order valence-corrected chi connectivity index (χ4v) is 9.37. The lowest BCUT2D eigenvalue weighted by atomic mass is 10.1. The normalized spacial score (nSPS) is 15.1. The molecule has 0 radical (unpaired) electrons. The Balaban J connectivity index is 4.73. The molecule has 0 heterocycles. The van der Waals surface area contributed by atoms with Gasteiger partial charge >= 0.3 is 33.6 Å². The summed E-state index contributed by atoms with van der Waals surface area (Å²) in [4.78, 5) is 58.2. The number of aliphatic hydroxyl groups excluding tert-OH is 2. The van der Waals surface area contributed by atoms with Gasteiger partial charge in [0.05, 0.1) is 26.4 Å². The van der Waals surface area contributed by atoms with Crippen LogP contribution < -0.4 is 0 Å². The molecule has 83 heavy (non-hydrogen) atoms. The average Bonchev–Trinajstić information content (AvgIpc) is 3.47. The lowest BCUT2D eigenvalue weighted by Gasteiger charge is -2.21. The Morgan fingerprint density at radius 2 is 0.602 bits per heavy atom. The zero-order valence-electron chi connectivity index (χ0n) is 51.1. The first kappa shape index (κ1) is 79.2. The molecule has 0 saturated heterocycles. The number of ether oxygens (including phenoxy) is 3. The second-order valence-corrected chi connectivity index (χ2v) is 23.3. The topological polar surface area (TPSA) is 231 Å². The van der Waals surface area contributed by atoms with Crippen molar-refractivity contribution in [2.45, 2.75) is 245 Å². The van der Waals surface area contributed by atoms with Crippen LogP contribution in [0.5, 0.6) is 0 Å². The van der Waals surface area contributed by atoms with Gasteiger partial charge in [0.1, 0.15) is 25.4 Å². The maximum atomic E-state index is 12.9. The second kappa shape index (κ2) is 58.6. The van der Waals surface area contributed by atoms with Crippen LogP contribution in [-0.2, 0) is 55.8 Å². The molecule has 0 rings (SSSR count). The molecule has 18 heteroatoms. The number of allylic oxidation sites excluding steroid dienone is 18. The Kier molecular flexibility index (Phi) is 55.9. The molecule has 0 aliphatic rings. The molecule has 0 aliphatic carbocycles. The number of phosphoric acid groups is 2. The van der Waals surface area contributed by atoms with E-state index >= 15 is 0 Å². The summed E-state index contributed by atoms with van der Waals surface area (Å²) < 4.78 is 60.7. The predicted octanol–water partition coefficient (Wildman–Crippen LogP) is 16.5. The number of rotatable bonds is 58. The maximum Gasteiger partial charge on any atom is 0.472 e. The predicted molar refractivity (Wildman–Crippen MR) is 334 cm³/mol. The molecule has 0 spiro atoms. The van der Waals surface area contributed by atoms with E-state index in [-0.39, 0.29) is 19.3 Å². The van der Waals surface area contributed by atoms with Crippen LogP contribution in [-0.4, -0.2) is 95.9 Å². The molecule has 0 aromatic rings. The van der Waals surface area contributed by atoms with E-state index in [1.54, 1.807) is 0 Å². The minimum atomic E-state index is -4.93. The highest BCUT2D eigenvalue weighted by Gasteiger charge is 2.29. The van der Waals surface area contributed by atoms with Crippen LogP contribution >= 0.6 is 15.6 Å². The number of unbranched alkanes of at least 4 members (excludes halogenated alkanes) is 17. The van der Waals surface area contributed by atoms with Gasteiger partial charge < -0.3 is 34.2 Å². The zero-order valence-corrected chi connectivity index (χ0v) is 52.9. The van der Waals surface area contributed by atoms with E-state index in [4.69, 9.17) is 32.3 Å². The minimum absolute atomic E-state index is 0.0783. The van der Waals surface area contributed by atoms with Crippen LogP contribution in [0.3, 0.4) is 0 Å². The van der Waals surface area contributed by atoms with Gasteiger partial charge in [-0.1, -0.05) is 201 Å². The van der Waals surface area contributed by atoms with Gasteiger partial charge in [0.2, 0.25) is 0 Å². The molecule has 0 bridgehead atoms. The Morgan fingerprint density at radius 1 is 0.337 bits per heavy atom. The molecular formula is C65H110O16P2. The SMILES string of the molecule is CC/C=C\C/C=C\C/C=C\CCCCCCCCCC(=O)OCC(O)COP(=O)(O)OCC(O)COP(=O)(O)OCC(COC(=O)CCCCCCC/C=C\C/C=C\C/C=C\CC)OC(=O)CCCCCCC/C=C\C/C=C\C/C=C\CC. The summed E-state index contributed by atoms with van der Waals surface area (Å²) in [5, 5.41) is 20.5. The van der Waals surface area contributed by atoms with Crippen LogP contribution in [0.4, 0.5) is 0 Å². The molecule has 0 aromatic heterocycles. The highest BCUT2D eigenvalue weighted by molar-refractivity contribution is 7.47. The van der Waals surface area contributed by atoms with E-state index in [1.165, 1.54) is 0 Å². The molecule has 5 unspecified atom stereocenters. The molecular weight excluding hydrogens is 1100 g/mol. The Morgan fingerprint density at radius 3 is 0.952 bits per heavy atom. The number of hydrogen-bond acceptors (Lipinski definition) is 14. The fraction of sp³-hybridized carbons (Fsp3) is 0.677. The summed E-state index contributed by atoms with van der Waals surface area (Å²) in [6.45, 7) is 2.25. The van der Waals surface area contributed by atoms with Crippen LogP contribution in [0.2, 0.25) is 0 Å². The summed E-state index contributed by atoms with van der Waals surface area (Å²) in [6.07, 6.45) is 62.9. The highest BCUT2D eigenvalue weighted by atomic mass is 31.2. The van der Waals surface area contributed by atoms with Crippen LogP contribution in [0, 0.1) is 0 Å². The standard InChI is InChI=1S/C65H110O16P2/c1-4-7-10-13-16-19-22-25-28-29-32-34-36-39-42-45-48-51-63(68)75-54-60(66)55-77-82(71,72)78-56-61(67)57-79-83(73,74)80-59-62(81-65(70)53-50-47-44-41-38-35-31-27-24-21-18-15-12-9-6-3)58-76-64(69)52-49-46-43-40-37-33-30-26-23-20-17-14-11-8-5-2/h7-12,16-21,25-28,30-31,60-62,66-67H,4-6,13-15,22-24,29,32-59H2,1-3H3,(H,71,72)(H,73,74)/b10-7-,11-8-,12-9-,19-16-,20-17-,21-18-,28-25-,30-26-,31-27-. The molecule has 4 N–H and O–H groups in total. The van der Waals surface area contributed by atoms with Crippen molar-refractivity contribution in [3.05, 3.63) is 109 Å². The first-order valence-electron chi connectivity index (χ1n) is 31.2. The average molecular weight is 1210 g/mol. The van der Waals surface area contributed by atoms with E-state index in [9.17, 15) is 43.5 Å². The van der Waals surface area contributed by atoms with Gasteiger partial charge in [0.15, 0.2) is 6.10 Å². The van der Waals surface area contributed by atoms with Crippen molar-refractivity contribution in [3.8, 4) is 0 Å². The summed E-state index contributed by atoms with van der Waals surface area (Å²) >= 11 is 0. The van der Waals surface area contributed by atoms with Gasteiger partial charge in [0.25, 0.3) is 0 Å². The van der Waals surface area contributed by atoms with Gasteiger partial charge in [-0.3, -0.25) is 32.5 Å². The van der Waals surface area contributed by atoms with Crippen molar-refractivity contribution < 1.29 is 75.8 Å². The number of aliphatic hydroxyl groups is 2. The van der Waals surface area contributed by atoms with Gasteiger partial charge in [-0.25, -0.2) is 9.13 Å². The quantitative estimate of drug-likeness (QED) is 0.0146. The third kappa shape index (κ3) is 59.7. The number of carbonyl (C=O) groups excluding carboxylic acids is 3. The Bertz CT molecular complexity index is 1960. The number of esters is 3. The molecule has 0 amide bonds. The monoisotopic (exact) mass is 1210 g/mol. The van der Waals surface area contributed by atoms with Crippen molar-refractivity contribution in [2.24, 2.45) is 0 Å². The van der Waals surface area contributed by atoms with E-state index < -0.39 is 91.5 Å². The van der Waals surface area contributed by atoms with Gasteiger partial charge in [-0.2, -0.15) is 0 Å². The molecule has 476 valence electrons. The van der Waals surface area contributed by atoms with Crippen molar-refractivity contribution >= 4 is 33.6 Å². The van der Waals surface area contributed by atoms with E-state index in [2.05, 4.69) is 130 Å². The van der Waals surface area contributed by atoms with Crippen LogP contribution in [0.25, 0.3) is 0 Å². The summed E-state index contributed by atoms with van der Waals surface area (Å²) in [7, 11) is -9.78. The van der Waals surface area contributed by atoms with Gasteiger partial charge in [-0.05, 0) is 116 Å². The van der Waals surface area contributed by atoms with Crippen LogP contribution in [0.1, 0.15) is 226 Å². The van der Waals surface area contributed by atoms with Crippen LogP contribution in [0.15, 0.2) is 109 Å². The van der Waals surface area contributed by atoms with Crippen molar-refractivity contribution in [1.82, 2.24) is 0 Å². The Hall–Kier alpha value is -3.79. The smallest absolute Gasteiger partial charge is 0.463 e. The molecule has 5 atom stereocenters. The largest absolute Gasteiger partial charge is 0.472 e. The van der Waals surface area contributed by atoms with Gasteiger partial charge in [0, 0.05) is 19.3 Å². The lowest BCUT2D eigenvalue weighted by molar-refractivity contribution is -0.161. The third-order valence-corrected chi connectivity index (χ3v) is 14.4. The molecule has 16 nitrogen and oxygen atoms in total. The summed E-state index contributed by atoms with van der Waals surface area (Å²) in [5.41, 5.74) is 0. The van der Waals surface area contributed by atoms with Crippen molar-refractivity contribution in [3.63, 3.8) is 0 Å². The second-order valence-electron chi connectivity index (χ2n) is 20.4. The fourth-order valence-electron chi connectivity index (χ4n) is 7.79. The molecule has 0 fully saturated rings. The Labute approximate surface area is 500 Å². The number of carbonyl (C=O) groups is 3. The van der Waals surface area contributed by atoms with E-state index in [1.807, 2.05) is 0 Å². The maximum absolute atomic E-state index is 12.9. The number of phosphoric ester groups is 2. The zero-order chi connectivity index (χ0) is 61.0. The number of hydrogen-bond donors (Lipinski definition) is 4. The highest BCUT2D eigenvalue weighted by Crippen LogP contribution is 2.45. The first-order chi connectivity index (χ1) is 40.2. The molecule has 0 aliphatic heterocycles. The van der Waals surface area contributed by atoms with E-state index in [0.29, 0.717) is 19.3 Å². The van der Waals surface area contributed by atoms with Gasteiger partial charge in [-0.15, -0.1) is 0 Å². The molecule has 0 aromatic carbocycles. The van der Waals surface area contributed by atoms with E-state index in [0.717, 1.165) is 167 Å². The summed E-state index contributed by atoms with van der Waals surface area (Å²) in [6, 6.07) is 0. The molecule has 0 saturated carbocycles.